The summed E-state index contributed by atoms with van der Waals surface area (Å²) in [6.45, 7) is 1.39. The molecule has 1 aliphatic rings. The largest absolute Gasteiger partial charge is 0.389 e. The maximum absolute atomic E-state index is 11.9. The molecule has 0 aromatic carbocycles. The van der Waals surface area contributed by atoms with Gasteiger partial charge in [0.1, 0.15) is 9.20 Å². The van der Waals surface area contributed by atoms with Gasteiger partial charge in [-0.3, -0.25) is 0 Å². The zero-order chi connectivity index (χ0) is 13.9. The average molecular weight is 320 g/mol. The van der Waals surface area contributed by atoms with Gasteiger partial charge in [0.15, 0.2) is 0 Å². The van der Waals surface area contributed by atoms with Crippen molar-refractivity contribution in [3.05, 3.63) is 17.0 Å². The molecular formula is C11H16N2O3S3. The number of sulfonamides is 1. The smallest absolute Gasteiger partial charge is 0.250 e. The molecule has 106 valence electrons. The van der Waals surface area contributed by atoms with Crippen LogP contribution in [-0.4, -0.2) is 33.2 Å². The minimum absolute atomic E-state index is 0.208. The molecule has 1 heterocycles. The summed E-state index contributed by atoms with van der Waals surface area (Å²) in [4.78, 5) is 0.805. The standard InChI is InChI=1S/C11H16N2O3S3/c12-11(17)9-3-4-10(18-9)19(14,15)13-5-6-16-7-8-1-2-8/h3-4,8,13H,1-2,5-7H2,(H2,12,17). The van der Waals surface area contributed by atoms with Gasteiger partial charge in [0.25, 0.3) is 0 Å². The van der Waals surface area contributed by atoms with E-state index in [1.807, 2.05) is 0 Å². The van der Waals surface area contributed by atoms with Crippen molar-refractivity contribution in [2.24, 2.45) is 11.7 Å². The summed E-state index contributed by atoms with van der Waals surface area (Å²) in [5.74, 6) is 0.682. The predicted octanol–water partition coefficient (Wildman–Crippen LogP) is 1.09. The lowest BCUT2D eigenvalue weighted by molar-refractivity contribution is 0.129. The van der Waals surface area contributed by atoms with E-state index in [9.17, 15) is 8.42 Å². The lowest BCUT2D eigenvalue weighted by Gasteiger charge is -2.05. The van der Waals surface area contributed by atoms with Gasteiger partial charge in [-0.05, 0) is 30.9 Å². The third-order valence-electron chi connectivity index (χ3n) is 2.68. The summed E-state index contributed by atoms with van der Waals surface area (Å²) in [7, 11) is -3.48. The fourth-order valence-corrected chi connectivity index (χ4v) is 3.86. The molecule has 0 spiro atoms. The molecule has 2 rings (SSSR count). The van der Waals surface area contributed by atoms with Crippen molar-refractivity contribution >= 4 is 38.6 Å². The molecule has 1 aromatic heterocycles. The summed E-state index contributed by atoms with van der Waals surface area (Å²) < 4.78 is 32.0. The average Bonchev–Trinajstić information content (AvgIpc) is 3.01. The number of thiocarbonyl (C=S) groups is 1. The van der Waals surface area contributed by atoms with Crippen LogP contribution in [0.15, 0.2) is 16.3 Å². The molecule has 1 aliphatic carbocycles. The van der Waals surface area contributed by atoms with Crippen molar-refractivity contribution in [2.45, 2.75) is 17.1 Å². The maximum atomic E-state index is 11.9. The Morgan fingerprint density at radius 3 is 2.84 bits per heavy atom. The zero-order valence-electron chi connectivity index (χ0n) is 10.3. The molecule has 8 heteroatoms. The van der Waals surface area contributed by atoms with Crippen molar-refractivity contribution in [1.82, 2.24) is 4.72 Å². The Morgan fingerprint density at radius 1 is 1.53 bits per heavy atom. The van der Waals surface area contributed by atoms with Crippen LogP contribution in [0, 0.1) is 5.92 Å². The topological polar surface area (TPSA) is 81.4 Å². The first kappa shape index (κ1) is 14.9. The lowest BCUT2D eigenvalue weighted by Crippen LogP contribution is -2.27. The van der Waals surface area contributed by atoms with E-state index in [0.29, 0.717) is 17.4 Å². The third kappa shape index (κ3) is 4.50. The Kier molecular flexibility index (Phi) is 4.91. The van der Waals surface area contributed by atoms with Crippen molar-refractivity contribution in [3.8, 4) is 0 Å². The number of rotatable bonds is 8. The molecule has 1 saturated carbocycles. The lowest BCUT2D eigenvalue weighted by atomic mass is 10.5. The summed E-state index contributed by atoms with van der Waals surface area (Å²) >= 11 is 5.87. The summed E-state index contributed by atoms with van der Waals surface area (Å²) in [6, 6.07) is 3.12. The van der Waals surface area contributed by atoms with Crippen molar-refractivity contribution < 1.29 is 13.2 Å². The van der Waals surface area contributed by atoms with E-state index < -0.39 is 10.0 Å². The van der Waals surface area contributed by atoms with Crippen LogP contribution in [0.3, 0.4) is 0 Å². The van der Waals surface area contributed by atoms with Crippen LogP contribution in [0.4, 0.5) is 0 Å². The molecule has 1 aromatic rings. The zero-order valence-corrected chi connectivity index (χ0v) is 12.7. The van der Waals surface area contributed by atoms with Crippen LogP contribution in [-0.2, 0) is 14.8 Å². The quantitative estimate of drug-likeness (QED) is 0.553. The highest BCUT2D eigenvalue weighted by Crippen LogP contribution is 2.28. The van der Waals surface area contributed by atoms with E-state index in [4.69, 9.17) is 22.7 Å². The van der Waals surface area contributed by atoms with Crippen LogP contribution in [0.5, 0.6) is 0 Å². The Bertz CT molecular complexity index is 549. The SMILES string of the molecule is NC(=S)c1ccc(S(=O)(=O)NCCOCC2CC2)s1. The summed E-state index contributed by atoms with van der Waals surface area (Å²) in [5.41, 5.74) is 5.45. The summed E-state index contributed by atoms with van der Waals surface area (Å²) in [6.07, 6.45) is 2.45. The Balaban J connectivity index is 1.80. The van der Waals surface area contributed by atoms with Gasteiger partial charge in [0.05, 0.1) is 11.5 Å². The van der Waals surface area contributed by atoms with Crippen LogP contribution in [0.25, 0.3) is 0 Å². The molecule has 0 saturated heterocycles. The second-order valence-corrected chi connectivity index (χ2v) is 7.92. The first-order valence-corrected chi connectivity index (χ1v) is 8.67. The predicted molar refractivity (Wildman–Crippen MR) is 78.9 cm³/mol. The van der Waals surface area contributed by atoms with Gasteiger partial charge in [-0.1, -0.05) is 12.2 Å². The van der Waals surface area contributed by atoms with Crippen LogP contribution < -0.4 is 10.5 Å². The molecule has 0 atom stereocenters. The van der Waals surface area contributed by atoms with E-state index in [1.54, 1.807) is 6.07 Å². The van der Waals surface area contributed by atoms with Crippen LogP contribution in [0.1, 0.15) is 17.7 Å². The number of nitrogens with two attached hydrogens (primary N) is 1. The third-order valence-corrected chi connectivity index (χ3v) is 6.10. The van der Waals surface area contributed by atoms with Crippen molar-refractivity contribution in [3.63, 3.8) is 0 Å². The van der Waals surface area contributed by atoms with E-state index in [-0.39, 0.29) is 15.7 Å². The van der Waals surface area contributed by atoms with Gasteiger partial charge in [-0.15, -0.1) is 11.3 Å². The van der Waals surface area contributed by atoms with E-state index in [2.05, 4.69) is 4.72 Å². The molecule has 0 radical (unpaired) electrons. The minimum Gasteiger partial charge on any atom is -0.389 e. The van der Waals surface area contributed by atoms with Gasteiger partial charge in [-0.25, -0.2) is 13.1 Å². The number of thiophene rings is 1. The van der Waals surface area contributed by atoms with Gasteiger partial charge in [0.2, 0.25) is 10.0 Å². The van der Waals surface area contributed by atoms with E-state index in [1.165, 1.54) is 18.9 Å². The Morgan fingerprint density at radius 2 is 2.26 bits per heavy atom. The van der Waals surface area contributed by atoms with E-state index in [0.717, 1.165) is 17.9 Å². The second-order valence-electron chi connectivity index (χ2n) is 4.40. The molecule has 0 amide bonds. The first-order chi connectivity index (χ1) is 8.99. The minimum atomic E-state index is -3.48. The molecular weight excluding hydrogens is 304 g/mol. The normalized spacial score (nSPS) is 15.6. The molecule has 0 bridgehead atoms. The Labute approximate surface area is 122 Å². The highest BCUT2D eigenvalue weighted by molar-refractivity contribution is 7.91. The summed E-state index contributed by atoms with van der Waals surface area (Å²) in [5, 5.41) is 0. The van der Waals surface area contributed by atoms with Gasteiger partial charge >= 0.3 is 0 Å². The van der Waals surface area contributed by atoms with Gasteiger partial charge in [0, 0.05) is 13.2 Å². The van der Waals surface area contributed by atoms with Crippen molar-refractivity contribution in [1.29, 1.82) is 0 Å². The fourth-order valence-electron chi connectivity index (χ4n) is 1.45. The highest BCUT2D eigenvalue weighted by Gasteiger charge is 2.21. The molecule has 3 N–H and O–H groups in total. The molecule has 0 aliphatic heterocycles. The molecule has 1 fully saturated rings. The van der Waals surface area contributed by atoms with Crippen LogP contribution >= 0.6 is 23.6 Å². The molecule has 5 nitrogen and oxygen atoms in total. The number of nitrogens with one attached hydrogen (secondary N) is 1. The number of ether oxygens (including phenoxy) is 1. The van der Waals surface area contributed by atoms with Crippen LogP contribution in [0.2, 0.25) is 0 Å². The second kappa shape index (κ2) is 6.27. The highest BCUT2D eigenvalue weighted by atomic mass is 32.2. The first-order valence-electron chi connectivity index (χ1n) is 5.96. The fraction of sp³-hybridized carbons (Fsp3) is 0.545. The number of hydrogen-bond donors (Lipinski definition) is 2. The van der Waals surface area contributed by atoms with Gasteiger partial charge < -0.3 is 10.5 Å². The maximum Gasteiger partial charge on any atom is 0.250 e. The van der Waals surface area contributed by atoms with Crippen molar-refractivity contribution in [2.75, 3.05) is 19.8 Å². The number of hydrogen-bond acceptors (Lipinski definition) is 5. The van der Waals surface area contributed by atoms with Gasteiger partial charge in [-0.2, -0.15) is 0 Å². The monoisotopic (exact) mass is 320 g/mol. The Hall–Kier alpha value is -0.540. The molecule has 19 heavy (non-hydrogen) atoms. The van der Waals surface area contributed by atoms with E-state index >= 15 is 0 Å². The molecule has 0 unspecified atom stereocenters.